The maximum Gasteiger partial charge on any atom is 0.264 e. The van der Waals surface area contributed by atoms with Gasteiger partial charge in [0.2, 0.25) is 0 Å². The summed E-state index contributed by atoms with van der Waals surface area (Å²) in [5.41, 5.74) is 2.11. The number of carbonyl (C=O) groups excluding carboxylic acids is 1. The topological polar surface area (TPSA) is 44.6 Å². The summed E-state index contributed by atoms with van der Waals surface area (Å²) >= 11 is 7.57. The maximum atomic E-state index is 13.2. The summed E-state index contributed by atoms with van der Waals surface area (Å²) in [6.45, 7) is 11.0. The molecule has 1 amide bonds. The zero-order valence-electron chi connectivity index (χ0n) is 18.6. The van der Waals surface area contributed by atoms with E-state index in [4.69, 9.17) is 16.7 Å². The molecule has 3 aromatic rings. The molecule has 0 aliphatic carbocycles. The number of aromatic nitrogens is 2. The summed E-state index contributed by atoms with van der Waals surface area (Å²) in [5, 5.41) is 6.51. The highest BCUT2D eigenvalue weighted by atomic mass is 35.5. The first-order chi connectivity index (χ1) is 15.6. The van der Waals surface area contributed by atoms with Crippen molar-refractivity contribution in [1.82, 2.24) is 24.5 Å². The summed E-state index contributed by atoms with van der Waals surface area (Å²) < 4.78 is 2.01. The van der Waals surface area contributed by atoms with Crippen LogP contribution in [0.2, 0.25) is 5.02 Å². The molecule has 0 saturated carbocycles. The number of amides is 1. The average molecular weight is 472 g/mol. The van der Waals surface area contributed by atoms with Crippen LogP contribution in [0.4, 0.5) is 0 Å². The SMILES string of the molecule is Cc1nn(Cc2ccc(Cl)cc2)c2sc(C(=O)N3CCN(CCN4CCCC4)CC3)cc12. The molecule has 6 nitrogen and oxygen atoms in total. The van der Waals surface area contributed by atoms with E-state index in [2.05, 4.69) is 9.80 Å². The van der Waals surface area contributed by atoms with Crippen LogP contribution in [0.15, 0.2) is 30.3 Å². The number of likely N-dealkylation sites (tertiary alicyclic amines) is 1. The highest BCUT2D eigenvalue weighted by molar-refractivity contribution is 7.20. The minimum atomic E-state index is 0.155. The Labute approximate surface area is 198 Å². The molecule has 0 atom stereocenters. The molecular weight excluding hydrogens is 442 g/mol. The van der Waals surface area contributed by atoms with Crippen LogP contribution in [0.5, 0.6) is 0 Å². The quantitative estimate of drug-likeness (QED) is 0.545. The van der Waals surface area contributed by atoms with E-state index in [-0.39, 0.29) is 5.91 Å². The van der Waals surface area contributed by atoms with Crippen molar-refractivity contribution >= 4 is 39.1 Å². The molecule has 2 aliphatic rings. The molecule has 0 radical (unpaired) electrons. The van der Waals surface area contributed by atoms with Crippen LogP contribution in [0, 0.1) is 6.92 Å². The molecule has 0 bridgehead atoms. The Balaban J connectivity index is 1.22. The predicted octanol–water partition coefficient (Wildman–Crippen LogP) is 3.96. The molecule has 5 rings (SSSR count). The lowest BCUT2D eigenvalue weighted by Crippen LogP contribution is -2.50. The highest BCUT2D eigenvalue weighted by Gasteiger charge is 2.25. The number of rotatable bonds is 6. The normalized spacial score (nSPS) is 18.1. The van der Waals surface area contributed by atoms with Gasteiger partial charge in [0, 0.05) is 49.7 Å². The number of carbonyl (C=O) groups is 1. The Morgan fingerprint density at radius 3 is 2.34 bits per heavy atom. The summed E-state index contributed by atoms with van der Waals surface area (Å²) in [6, 6.07) is 9.88. The minimum absolute atomic E-state index is 0.155. The second kappa shape index (κ2) is 9.51. The van der Waals surface area contributed by atoms with Gasteiger partial charge < -0.3 is 9.80 Å². The summed E-state index contributed by atoms with van der Waals surface area (Å²) in [4.78, 5) is 22.2. The predicted molar refractivity (Wildman–Crippen MR) is 131 cm³/mol. The number of halogens is 1. The van der Waals surface area contributed by atoms with Gasteiger partial charge in [-0.15, -0.1) is 11.3 Å². The van der Waals surface area contributed by atoms with Crippen LogP contribution >= 0.6 is 22.9 Å². The van der Waals surface area contributed by atoms with Crippen molar-refractivity contribution in [2.45, 2.75) is 26.3 Å². The second-order valence-corrected chi connectivity index (χ2v) is 10.3. The standard InChI is InChI=1S/C24H30ClN5OS/c1-18-21-16-22(32-24(21)30(26-18)17-19-4-6-20(25)7-5-19)23(31)29-14-12-28(13-15-29)11-10-27-8-2-3-9-27/h4-7,16H,2-3,8-15,17H2,1H3. The number of hydrogen-bond donors (Lipinski definition) is 0. The van der Waals surface area contributed by atoms with Gasteiger partial charge >= 0.3 is 0 Å². The number of thiophene rings is 1. The van der Waals surface area contributed by atoms with Gasteiger partial charge in [-0.05, 0) is 56.6 Å². The fourth-order valence-corrected chi connectivity index (χ4v) is 5.96. The fraction of sp³-hybridized carbons (Fsp3) is 0.500. The maximum absolute atomic E-state index is 13.2. The van der Waals surface area contributed by atoms with E-state index < -0.39 is 0 Å². The van der Waals surface area contributed by atoms with E-state index in [1.807, 2.05) is 46.8 Å². The molecule has 2 fully saturated rings. The van der Waals surface area contributed by atoms with Crippen LogP contribution in [-0.4, -0.2) is 82.7 Å². The number of fused-ring (bicyclic) bond motifs is 1. The van der Waals surface area contributed by atoms with Crippen molar-refractivity contribution in [3.05, 3.63) is 51.5 Å². The number of nitrogens with zero attached hydrogens (tertiary/aromatic N) is 5. The van der Waals surface area contributed by atoms with Gasteiger partial charge in [0.05, 0.1) is 17.1 Å². The Bertz CT molecular complexity index is 1080. The Hall–Kier alpha value is -1.93. The molecule has 2 aromatic heterocycles. The van der Waals surface area contributed by atoms with Gasteiger partial charge in [-0.3, -0.25) is 14.4 Å². The number of piperazine rings is 1. The number of hydrogen-bond acceptors (Lipinski definition) is 5. The molecule has 2 aliphatic heterocycles. The largest absolute Gasteiger partial charge is 0.335 e. The molecule has 0 unspecified atom stereocenters. The molecular formula is C24H30ClN5OS. The average Bonchev–Trinajstić information content (AvgIpc) is 3.53. The van der Waals surface area contributed by atoms with Crippen molar-refractivity contribution in [3.8, 4) is 0 Å². The first kappa shape index (κ1) is 21.9. The van der Waals surface area contributed by atoms with Crippen LogP contribution in [-0.2, 0) is 6.54 Å². The van der Waals surface area contributed by atoms with Crippen LogP contribution in [0.1, 0.15) is 33.8 Å². The molecule has 170 valence electrons. The molecule has 4 heterocycles. The number of aryl methyl sites for hydroxylation is 1. The smallest absolute Gasteiger partial charge is 0.264 e. The number of benzene rings is 1. The molecule has 8 heteroatoms. The van der Waals surface area contributed by atoms with Crippen molar-refractivity contribution in [3.63, 3.8) is 0 Å². The third-order valence-corrected chi connectivity index (χ3v) is 8.04. The summed E-state index contributed by atoms with van der Waals surface area (Å²) in [7, 11) is 0. The van der Waals surface area contributed by atoms with Crippen molar-refractivity contribution < 1.29 is 4.79 Å². The van der Waals surface area contributed by atoms with Crippen LogP contribution < -0.4 is 0 Å². The zero-order chi connectivity index (χ0) is 22.1. The third-order valence-electron chi connectivity index (χ3n) is 6.65. The van der Waals surface area contributed by atoms with Gasteiger partial charge in [-0.25, -0.2) is 0 Å². The van der Waals surface area contributed by atoms with Gasteiger partial charge in [-0.1, -0.05) is 23.7 Å². The molecule has 2 saturated heterocycles. The molecule has 0 N–H and O–H groups in total. The second-order valence-electron chi connectivity index (χ2n) is 8.88. The van der Waals surface area contributed by atoms with Gasteiger partial charge in [0.25, 0.3) is 5.91 Å². The van der Waals surface area contributed by atoms with Gasteiger partial charge in [0.15, 0.2) is 0 Å². The Morgan fingerprint density at radius 2 is 1.66 bits per heavy atom. The molecule has 0 spiro atoms. The van der Waals surface area contributed by atoms with E-state index in [1.54, 1.807) is 11.3 Å². The fourth-order valence-electron chi connectivity index (χ4n) is 4.71. The Morgan fingerprint density at radius 1 is 1.00 bits per heavy atom. The van der Waals surface area contributed by atoms with Gasteiger partial charge in [0.1, 0.15) is 4.83 Å². The van der Waals surface area contributed by atoms with Crippen molar-refractivity contribution in [1.29, 1.82) is 0 Å². The van der Waals surface area contributed by atoms with E-state index in [1.165, 1.54) is 25.9 Å². The first-order valence-corrected chi connectivity index (χ1v) is 12.7. The minimum Gasteiger partial charge on any atom is -0.335 e. The van der Waals surface area contributed by atoms with E-state index in [0.717, 1.165) is 70.6 Å². The van der Waals surface area contributed by atoms with Crippen LogP contribution in [0.25, 0.3) is 10.2 Å². The highest BCUT2D eigenvalue weighted by Crippen LogP contribution is 2.30. The zero-order valence-corrected chi connectivity index (χ0v) is 20.2. The lowest BCUT2D eigenvalue weighted by Gasteiger charge is -2.35. The molecule has 32 heavy (non-hydrogen) atoms. The summed E-state index contributed by atoms with van der Waals surface area (Å²) in [6.07, 6.45) is 2.68. The molecule has 1 aromatic carbocycles. The monoisotopic (exact) mass is 471 g/mol. The van der Waals surface area contributed by atoms with Gasteiger partial charge in [-0.2, -0.15) is 5.10 Å². The lowest BCUT2D eigenvalue weighted by molar-refractivity contribution is 0.0631. The van der Waals surface area contributed by atoms with E-state index in [9.17, 15) is 4.79 Å². The summed E-state index contributed by atoms with van der Waals surface area (Å²) in [5.74, 6) is 0.155. The third kappa shape index (κ3) is 4.71. The van der Waals surface area contributed by atoms with Crippen molar-refractivity contribution in [2.24, 2.45) is 0 Å². The Kier molecular flexibility index (Phi) is 6.51. The van der Waals surface area contributed by atoms with E-state index in [0.29, 0.717) is 6.54 Å². The van der Waals surface area contributed by atoms with Crippen molar-refractivity contribution in [2.75, 3.05) is 52.4 Å². The lowest BCUT2D eigenvalue weighted by atomic mass is 10.2. The van der Waals surface area contributed by atoms with E-state index >= 15 is 0 Å². The first-order valence-electron chi connectivity index (χ1n) is 11.5. The van der Waals surface area contributed by atoms with Crippen LogP contribution in [0.3, 0.4) is 0 Å².